The van der Waals surface area contributed by atoms with Crippen LogP contribution in [0.25, 0.3) is 0 Å². The van der Waals surface area contributed by atoms with E-state index in [1.165, 1.54) is 0 Å². The zero-order valence-electron chi connectivity index (χ0n) is 14.8. The molecule has 23 heavy (non-hydrogen) atoms. The second kappa shape index (κ2) is 8.21. The zero-order chi connectivity index (χ0) is 16.9. The first-order chi connectivity index (χ1) is 11.0. The quantitative estimate of drug-likeness (QED) is 0.574. The molecule has 2 heterocycles. The summed E-state index contributed by atoms with van der Waals surface area (Å²) in [5, 5.41) is 0. The Hall–Kier alpha value is -0.270. The summed E-state index contributed by atoms with van der Waals surface area (Å²) < 4.78 is 43.1. The molecule has 0 amide bonds. The third-order valence-corrected chi connectivity index (χ3v) is 4.27. The van der Waals surface area contributed by atoms with Crippen molar-refractivity contribution in [2.45, 2.75) is 83.3 Å². The van der Waals surface area contributed by atoms with Crippen molar-refractivity contribution in [2.24, 2.45) is 0 Å². The molecule has 4 atom stereocenters. The normalized spacial score (nSPS) is 35.6. The summed E-state index contributed by atoms with van der Waals surface area (Å²) >= 11 is 0. The summed E-state index contributed by atoms with van der Waals surface area (Å²) in [7, 11) is 0. The van der Waals surface area contributed by atoms with Crippen LogP contribution in [-0.4, -0.2) is 56.4 Å². The topological polar surface area (TPSA) is 46.2 Å². The average molecular weight is 334 g/mol. The van der Waals surface area contributed by atoms with Crippen molar-refractivity contribution in [3.05, 3.63) is 0 Å². The molecular formula is C17H31FO5. The van der Waals surface area contributed by atoms with E-state index in [0.717, 1.165) is 25.7 Å². The van der Waals surface area contributed by atoms with Gasteiger partial charge in [-0.05, 0) is 26.7 Å². The van der Waals surface area contributed by atoms with E-state index in [2.05, 4.69) is 13.8 Å². The second-order valence-corrected chi connectivity index (χ2v) is 6.84. The minimum atomic E-state index is -1.15. The lowest BCUT2D eigenvalue weighted by molar-refractivity contribution is -0.256. The fraction of sp³-hybridized carbons (Fsp3) is 1.00. The van der Waals surface area contributed by atoms with Crippen LogP contribution < -0.4 is 0 Å². The van der Waals surface area contributed by atoms with Crippen LogP contribution in [0.3, 0.4) is 0 Å². The maximum absolute atomic E-state index is 13.9. The van der Waals surface area contributed by atoms with Gasteiger partial charge in [0, 0.05) is 13.2 Å². The van der Waals surface area contributed by atoms with Gasteiger partial charge in [0.15, 0.2) is 17.7 Å². The van der Waals surface area contributed by atoms with Gasteiger partial charge < -0.3 is 23.7 Å². The molecule has 5 nitrogen and oxygen atoms in total. The average Bonchev–Trinajstić information content (AvgIpc) is 2.94. The summed E-state index contributed by atoms with van der Waals surface area (Å²) in [6, 6.07) is 0. The van der Waals surface area contributed by atoms with E-state index in [0.29, 0.717) is 13.2 Å². The molecule has 2 aliphatic rings. The number of hydrogen-bond acceptors (Lipinski definition) is 5. The molecule has 6 heteroatoms. The van der Waals surface area contributed by atoms with Gasteiger partial charge in [-0.3, -0.25) is 0 Å². The highest BCUT2D eigenvalue weighted by molar-refractivity contribution is 5.04. The molecule has 2 saturated heterocycles. The van der Waals surface area contributed by atoms with Crippen LogP contribution in [0.5, 0.6) is 0 Å². The predicted octanol–water partition coefficient (Wildman–Crippen LogP) is 3.20. The number of alkyl halides is 1. The molecule has 0 bridgehead atoms. The Balaban J connectivity index is 2.05. The van der Waals surface area contributed by atoms with Crippen molar-refractivity contribution in [3.8, 4) is 0 Å². The van der Waals surface area contributed by atoms with Crippen molar-refractivity contribution < 1.29 is 28.1 Å². The monoisotopic (exact) mass is 334 g/mol. The van der Waals surface area contributed by atoms with Crippen LogP contribution in [-0.2, 0) is 23.7 Å². The third kappa shape index (κ3) is 4.42. The van der Waals surface area contributed by atoms with Gasteiger partial charge in [0.25, 0.3) is 0 Å². The molecule has 0 aromatic heterocycles. The Morgan fingerprint density at radius 3 is 2.35 bits per heavy atom. The van der Waals surface area contributed by atoms with Crippen molar-refractivity contribution in [2.75, 3.05) is 26.5 Å². The Labute approximate surface area is 138 Å². The first-order valence-electron chi connectivity index (χ1n) is 8.77. The molecule has 0 aromatic carbocycles. The van der Waals surface area contributed by atoms with Crippen molar-refractivity contribution in [1.82, 2.24) is 0 Å². The standard InChI is InChI=1S/C17H31FO5/c1-5-7-9-19-12-17(11-18)14(20-10-8-6-2)13-15(23-17)22-16(3,4)21-13/h13-15H,5-12H2,1-4H3/t13-,14?,15+,17+/m0/s1. The lowest BCUT2D eigenvalue weighted by Gasteiger charge is -2.34. The first-order valence-corrected chi connectivity index (χ1v) is 8.77. The Kier molecular flexibility index (Phi) is 6.80. The third-order valence-electron chi connectivity index (χ3n) is 4.27. The van der Waals surface area contributed by atoms with Crippen LogP contribution in [0.1, 0.15) is 53.4 Å². The number of rotatable bonds is 10. The zero-order valence-corrected chi connectivity index (χ0v) is 14.8. The molecule has 0 spiro atoms. The first kappa shape index (κ1) is 19.1. The molecule has 2 fully saturated rings. The summed E-state index contributed by atoms with van der Waals surface area (Å²) in [5.74, 6) is -0.743. The number of halogens is 1. The number of ether oxygens (including phenoxy) is 5. The molecular weight excluding hydrogens is 303 g/mol. The number of fused-ring (bicyclic) bond motifs is 1. The Morgan fingerprint density at radius 1 is 1.00 bits per heavy atom. The van der Waals surface area contributed by atoms with E-state index in [4.69, 9.17) is 23.7 Å². The molecule has 0 radical (unpaired) electrons. The van der Waals surface area contributed by atoms with Gasteiger partial charge in [-0.2, -0.15) is 0 Å². The minimum absolute atomic E-state index is 0.153. The van der Waals surface area contributed by atoms with Gasteiger partial charge in [0.2, 0.25) is 0 Å². The molecule has 1 unspecified atom stereocenters. The summed E-state index contributed by atoms with van der Waals surface area (Å²) in [4.78, 5) is 0. The Bertz CT molecular complexity index is 365. The van der Waals surface area contributed by atoms with E-state index in [-0.39, 0.29) is 6.61 Å². The van der Waals surface area contributed by atoms with E-state index < -0.39 is 36.6 Å². The fourth-order valence-electron chi connectivity index (χ4n) is 3.01. The van der Waals surface area contributed by atoms with Gasteiger partial charge >= 0.3 is 0 Å². The highest BCUT2D eigenvalue weighted by Gasteiger charge is 2.62. The molecule has 2 aliphatic heterocycles. The van der Waals surface area contributed by atoms with Gasteiger partial charge in [-0.15, -0.1) is 0 Å². The minimum Gasteiger partial charge on any atom is -0.378 e. The lowest BCUT2D eigenvalue weighted by Crippen LogP contribution is -2.52. The number of hydrogen-bond donors (Lipinski definition) is 0. The van der Waals surface area contributed by atoms with Crippen molar-refractivity contribution >= 4 is 0 Å². The van der Waals surface area contributed by atoms with Crippen LogP contribution in [0.2, 0.25) is 0 Å². The molecule has 0 saturated carbocycles. The SMILES string of the molecule is CCCCOC[C@@]1(CF)O[C@H]2OC(C)(C)O[C@H]2C1OCCCC. The highest BCUT2D eigenvalue weighted by Crippen LogP contribution is 2.44. The molecule has 0 N–H and O–H groups in total. The van der Waals surface area contributed by atoms with Gasteiger partial charge in [0.1, 0.15) is 18.9 Å². The van der Waals surface area contributed by atoms with Crippen molar-refractivity contribution in [1.29, 1.82) is 0 Å². The lowest BCUT2D eigenvalue weighted by atomic mass is 9.97. The van der Waals surface area contributed by atoms with Gasteiger partial charge in [-0.1, -0.05) is 26.7 Å². The Morgan fingerprint density at radius 2 is 1.70 bits per heavy atom. The maximum atomic E-state index is 13.9. The van der Waals surface area contributed by atoms with Crippen LogP contribution in [0, 0.1) is 0 Å². The fourth-order valence-corrected chi connectivity index (χ4v) is 3.01. The van der Waals surface area contributed by atoms with Crippen molar-refractivity contribution in [3.63, 3.8) is 0 Å². The smallest absolute Gasteiger partial charge is 0.190 e. The molecule has 136 valence electrons. The van der Waals surface area contributed by atoms with Crippen LogP contribution in [0.4, 0.5) is 4.39 Å². The molecule has 0 aromatic rings. The van der Waals surface area contributed by atoms with Gasteiger partial charge in [-0.25, -0.2) is 4.39 Å². The maximum Gasteiger partial charge on any atom is 0.190 e. The van der Waals surface area contributed by atoms with Crippen LogP contribution in [0.15, 0.2) is 0 Å². The van der Waals surface area contributed by atoms with E-state index >= 15 is 0 Å². The number of unbranched alkanes of at least 4 members (excludes halogenated alkanes) is 2. The van der Waals surface area contributed by atoms with Gasteiger partial charge in [0.05, 0.1) is 6.61 Å². The largest absolute Gasteiger partial charge is 0.378 e. The summed E-state index contributed by atoms with van der Waals surface area (Å²) in [6.07, 6.45) is 2.35. The van der Waals surface area contributed by atoms with E-state index in [1.807, 2.05) is 13.8 Å². The predicted molar refractivity (Wildman–Crippen MR) is 84.0 cm³/mol. The van der Waals surface area contributed by atoms with E-state index in [9.17, 15) is 4.39 Å². The molecule has 2 rings (SSSR count). The molecule has 0 aliphatic carbocycles. The summed E-state index contributed by atoms with van der Waals surface area (Å²) in [6.45, 7) is 8.44. The highest BCUT2D eigenvalue weighted by atomic mass is 19.1. The second-order valence-electron chi connectivity index (χ2n) is 6.84. The van der Waals surface area contributed by atoms with E-state index in [1.54, 1.807) is 0 Å². The van der Waals surface area contributed by atoms with Crippen LogP contribution >= 0.6 is 0 Å². The summed E-state index contributed by atoms with van der Waals surface area (Å²) in [5.41, 5.74) is -1.15.